The average Bonchev–Trinajstić information content (AvgIpc) is 2.25. The van der Waals surface area contributed by atoms with Gasteiger partial charge in [0.05, 0.1) is 12.2 Å². The van der Waals surface area contributed by atoms with E-state index in [2.05, 4.69) is 45.2 Å². The van der Waals surface area contributed by atoms with Crippen LogP contribution in [0.25, 0.3) is 0 Å². The van der Waals surface area contributed by atoms with Crippen molar-refractivity contribution in [1.82, 2.24) is 0 Å². The molecule has 0 N–H and O–H groups in total. The summed E-state index contributed by atoms with van der Waals surface area (Å²) >= 11 is 4.67. The van der Waals surface area contributed by atoms with Crippen LogP contribution in [0, 0.1) is 0 Å². The number of alkyl halides is 2. The fraction of sp³-hybridized carbons (Fsp3) is 1.00. The fourth-order valence-electron chi connectivity index (χ4n) is 1.17. The van der Waals surface area contributed by atoms with Crippen molar-refractivity contribution >= 4 is 45.2 Å². The smallest absolute Gasteiger partial charge is 0.163 e. The minimum atomic E-state index is -0.369. The first kappa shape index (κ1) is 10.5. The molecule has 0 aromatic rings. The van der Waals surface area contributed by atoms with Crippen LogP contribution >= 0.6 is 45.2 Å². The van der Waals surface area contributed by atoms with E-state index in [4.69, 9.17) is 9.47 Å². The van der Waals surface area contributed by atoms with Gasteiger partial charge in [-0.05, 0) is 13.8 Å². The van der Waals surface area contributed by atoms with Crippen LogP contribution in [0.3, 0.4) is 0 Å². The summed E-state index contributed by atoms with van der Waals surface area (Å²) in [5, 5.41) is 0. The third-order valence-electron chi connectivity index (χ3n) is 1.59. The lowest BCUT2D eigenvalue weighted by Crippen LogP contribution is -2.24. The molecular formula is C7H12I2O2. The molecule has 0 spiro atoms. The molecule has 0 radical (unpaired) electrons. The first-order valence-electron chi connectivity index (χ1n) is 3.56. The Hall–Kier alpha value is 1.38. The van der Waals surface area contributed by atoms with E-state index in [0.29, 0.717) is 0 Å². The summed E-state index contributed by atoms with van der Waals surface area (Å²) in [6.07, 6.45) is 0.560. The molecule has 0 amide bonds. The van der Waals surface area contributed by atoms with Gasteiger partial charge in [-0.2, -0.15) is 0 Å². The van der Waals surface area contributed by atoms with Gasteiger partial charge in [0.25, 0.3) is 0 Å². The van der Waals surface area contributed by atoms with Gasteiger partial charge < -0.3 is 9.47 Å². The van der Waals surface area contributed by atoms with Gasteiger partial charge in [0.1, 0.15) is 0 Å². The van der Waals surface area contributed by atoms with Gasteiger partial charge in [0.15, 0.2) is 5.79 Å². The Kier molecular flexibility index (Phi) is 3.86. The molecular weight excluding hydrogens is 370 g/mol. The number of hydrogen-bond donors (Lipinski definition) is 0. The van der Waals surface area contributed by atoms with Gasteiger partial charge in [-0.25, -0.2) is 0 Å². The van der Waals surface area contributed by atoms with Crippen LogP contribution in [0.1, 0.15) is 13.8 Å². The predicted octanol–water partition coefficient (Wildman–Crippen LogP) is 2.38. The molecule has 1 heterocycles. The van der Waals surface area contributed by atoms with E-state index >= 15 is 0 Å². The Labute approximate surface area is 94.7 Å². The Bertz CT molecular complexity index is 124. The Morgan fingerprint density at radius 2 is 1.45 bits per heavy atom. The first-order valence-corrected chi connectivity index (χ1v) is 6.62. The molecule has 1 aliphatic rings. The van der Waals surface area contributed by atoms with Gasteiger partial charge in [-0.1, -0.05) is 45.2 Å². The fourth-order valence-corrected chi connectivity index (χ4v) is 2.66. The molecule has 0 saturated carbocycles. The molecule has 2 nitrogen and oxygen atoms in total. The van der Waals surface area contributed by atoms with Crippen molar-refractivity contribution < 1.29 is 9.47 Å². The second-order valence-electron chi connectivity index (χ2n) is 3.02. The number of ether oxygens (including phenoxy) is 2. The number of halogens is 2. The van der Waals surface area contributed by atoms with Gasteiger partial charge in [-0.15, -0.1) is 0 Å². The van der Waals surface area contributed by atoms with E-state index in [0.717, 1.165) is 8.86 Å². The highest BCUT2D eigenvalue weighted by atomic mass is 127. The van der Waals surface area contributed by atoms with Crippen molar-refractivity contribution in [2.24, 2.45) is 0 Å². The molecule has 0 aliphatic carbocycles. The molecule has 4 heteroatoms. The normalized spacial score (nSPS) is 36.0. The lowest BCUT2D eigenvalue weighted by atomic mass is 10.3. The molecule has 1 saturated heterocycles. The minimum absolute atomic E-state index is 0.280. The van der Waals surface area contributed by atoms with E-state index in [9.17, 15) is 0 Å². The Morgan fingerprint density at radius 3 is 1.73 bits per heavy atom. The largest absolute Gasteiger partial charge is 0.344 e. The van der Waals surface area contributed by atoms with Gasteiger partial charge in [-0.3, -0.25) is 0 Å². The quantitative estimate of drug-likeness (QED) is 0.540. The summed E-state index contributed by atoms with van der Waals surface area (Å²) in [6.45, 7) is 3.94. The number of rotatable bonds is 2. The molecule has 0 aromatic carbocycles. The molecule has 1 aliphatic heterocycles. The SMILES string of the molecule is CC1(C)O[C@@H](CI)[C@H](CI)O1. The Balaban J connectivity index is 2.55. The van der Waals surface area contributed by atoms with Crippen LogP contribution < -0.4 is 0 Å². The van der Waals surface area contributed by atoms with E-state index in [1.807, 2.05) is 13.8 Å². The van der Waals surface area contributed by atoms with Crippen LogP contribution in [0.2, 0.25) is 0 Å². The van der Waals surface area contributed by atoms with Crippen molar-refractivity contribution in [2.45, 2.75) is 31.8 Å². The maximum absolute atomic E-state index is 5.67. The lowest BCUT2D eigenvalue weighted by molar-refractivity contribution is -0.142. The van der Waals surface area contributed by atoms with E-state index in [-0.39, 0.29) is 18.0 Å². The highest BCUT2D eigenvalue weighted by molar-refractivity contribution is 14.1. The summed E-state index contributed by atoms with van der Waals surface area (Å²) in [5.74, 6) is -0.369. The van der Waals surface area contributed by atoms with Crippen LogP contribution in [0.4, 0.5) is 0 Å². The summed E-state index contributed by atoms with van der Waals surface area (Å²) in [4.78, 5) is 0. The molecule has 0 unspecified atom stereocenters. The second-order valence-corrected chi connectivity index (χ2v) is 4.78. The molecule has 0 bridgehead atoms. The highest BCUT2D eigenvalue weighted by Crippen LogP contribution is 2.29. The van der Waals surface area contributed by atoms with Crippen molar-refractivity contribution in [3.8, 4) is 0 Å². The van der Waals surface area contributed by atoms with E-state index in [1.165, 1.54) is 0 Å². The first-order chi connectivity index (χ1) is 5.09. The van der Waals surface area contributed by atoms with Crippen molar-refractivity contribution in [1.29, 1.82) is 0 Å². The maximum atomic E-state index is 5.67. The van der Waals surface area contributed by atoms with Gasteiger partial charge >= 0.3 is 0 Å². The van der Waals surface area contributed by atoms with Crippen LogP contribution in [-0.2, 0) is 9.47 Å². The molecule has 11 heavy (non-hydrogen) atoms. The van der Waals surface area contributed by atoms with Crippen LogP contribution in [0.15, 0.2) is 0 Å². The topological polar surface area (TPSA) is 18.5 Å². The molecule has 1 rings (SSSR count). The standard InChI is InChI=1S/C7H12I2O2/c1-7(2)10-5(3-8)6(4-9)11-7/h5-6H,3-4H2,1-2H3/t5-,6-/m0/s1. The van der Waals surface area contributed by atoms with Crippen molar-refractivity contribution in [3.05, 3.63) is 0 Å². The summed E-state index contributed by atoms with van der Waals surface area (Å²) in [5.41, 5.74) is 0. The highest BCUT2D eigenvalue weighted by Gasteiger charge is 2.39. The maximum Gasteiger partial charge on any atom is 0.163 e. The van der Waals surface area contributed by atoms with E-state index < -0.39 is 0 Å². The van der Waals surface area contributed by atoms with Crippen molar-refractivity contribution in [3.63, 3.8) is 0 Å². The van der Waals surface area contributed by atoms with Crippen LogP contribution in [0.5, 0.6) is 0 Å². The zero-order valence-corrected chi connectivity index (χ0v) is 11.0. The van der Waals surface area contributed by atoms with E-state index in [1.54, 1.807) is 0 Å². The zero-order valence-electron chi connectivity index (χ0n) is 6.64. The zero-order chi connectivity index (χ0) is 8.48. The Morgan fingerprint density at radius 1 is 1.09 bits per heavy atom. The molecule has 0 aromatic heterocycles. The monoisotopic (exact) mass is 382 g/mol. The minimum Gasteiger partial charge on any atom is -0.344 e. The third-order valence-corrected chi connectivity index (χ3v) is 3.33. The van der Waals surface area contributed by atoms with Gasteiger partial charge in [0.2, 0.25) is 0 Å². The second kappa shape index (κ2) is 4.06. The lowest BCUT2D eigenvalue weighted by Gasteiger charge is -2.16. The van der Waals surface area contributed by atoms with Crippen LogP contribution in [-0.4, -0.2) is 26.9 Å². The molecule has 1 fully saturated rings. The summed E-state index contributed by atoms with van der Waals surface area (Å²) in [7, 11) is 0. The van der Waals surface area contributed by atoms with Crippen molar-refractivity contribution in [2.75, 3.05) is 8.86 Å². The third kappa shape index (κ3) is 2.67. The summed E-state index contributed by atoms with van der Waals surface area (Å²) < 4.78 is 13.4. The number of hydrogen-bond acceptors (Lipinski definition) is 2. The van der Waals surface area contributed by atoms with Gasteiger partial charge in [0, 0.05) is 8.86 Å². The average molecular weight is 382 g/mol. The molecule has 66 valence electrons. The predicted molar refractivity (Wildman–Crippen MR) is 61.6 cm³/mol. The molecule has 2 atom stereocenters. The summed E-state index contributed by atoms with van der Waals surface area (Å²) in [6, 6.07) is 0.